The Morgan fingerprint density at radius 2 is 1.91 bits per heavy atom. The van der Waals surface area contributed by atoms with Crippen LogP contribution in [0.2, 0.25) is 18.1 Å². The molecule has 0 saturated carbocycles. The summed E-state index contributed by atoms with van der Waals surface area (Å²) in [5.74, 6) is 0.0774. The zero-order valence-corrected chi connectivity index (χ0v) is 22.3. The van der Waals surface area contributed by atoms with Crippen molar-refractivity contribution in [3.63, 3.8) is 0 Å². The zero-order valence-electron chi connectivity index (χ0n) is 21.3. The van der Waals surface area contributed by atoms with E-state index in [4.69, 9.17) is 13.9 Å². The number of fused-ring (bicyclic) bond motifs is 1. The van der Waals surface area contributed by atoms with Crippen molar-refractivity contribution in [2.24, 2.45) is 0 Å². The Morgan fingerprint density at radius 3 is 2.47 bits per heavy atom. The van der Waals surface area contributed by atoms with Gasteiger partial charge in [0.25, 0.3) is 5.56 Å². The molecular formula is C26H34N2O5Si. The molecule has 1 aliphatic heterocycles. The van der Waals surface area contributed by atoms with E-state index < -0.39 is 32.0 Å². The van der Waals surface area contributed by atoms with Crippen molar-refractivity contribution >= 4 is 14.3 Å². The monoisotopic (exact) mass is 482 g/mol. The SMILES string of the molecule is CC(=O)O[C@@H]1[C@@H](n2ccc(CO[Si](C)(C)C(C)(C)C)cc2=O)c2cc(C#N)ccc2OC1(C)C. The van der Waals surface area contributed by atoms with Gasteiger partial charge in [0.2, 0.25) is 0 Å². The number of hydrogen-bond donors (Lipinski definition) is 0. The van der Waals surface area contributed by atoms with Gasteiger partial charge in [-0.1, -0.05) is 20.8 Å². The van der Waals surface area contributed by atoms with E-state index in [1.54, 1.807) is 35.0 Å². The minimum Gasteiger partial charge on any atom is -0.484 e. The van der Waals surface area contributed by atoms with Crippen LogP contribution in [0.15, 0.2) is 41.3 Å². The number of aromatic nitrogens is 1. The second kappa shape index (κ2) is 9.04. The first-order valence-electron chi connectivity index (χ1n) is 11.4. The number of hydrogen-bond acceptors (Lipinski definition) is 6. The van der Waals surface area contributed by atoms with Crippen molar-refractivity contribution in [2.45, 2.75) is 84.0 Å². The fourth-order valence-corrected chi connectivity index (χ4v) is 4.80. The van der Waals surface area contributed by atoms with Gasteiger partial charge in [-0.3, -0.25) is 9.59 Å². The third kappa shape index (κ3) is 5.11. The Morgan fingerprint density at radius 1 is 1.24 bits per heavy atom. The number of ether oxygens (including phenoxy) is 2. The topological polar surface area (TPSA) is 90.5 Å². The summed E-state index contributed by atoms with van der Waals surface area (Å²) >= 11 is 0. The van der Waals surface area contributed by atoms with Crippen molar-refractivity contribution in [1.29, 1.82) is 5.26 Å². The predicted octanol–water partition coefficient (Wildman–Crippen LogP) is 4.93. The second-order valence-electron chi connectivity index (χ2n) is 10.9. The molecule has 1 aliphatic rings. The molecule has 2 atom stereocenters. The first-order valence-corrected chi connectivity index (χ1v) is 14.3. The molecular weight excluding hydrogens is 448 g/mol. The normalized spacial score (nSPS) is 19.5. The summed E-state index contributed by atoms with van der Waals surface area (Å²) in [6.07, 6.45) is 0.927. The van der Waals surface area contributed by atoms with Gasteiger partial charge in [0, 0.05) is 24.8 Å². The van der Waals surface area contributed by atoms with E-state index in [1.807, 2.05) is 19.9 Å². The molecule has 2 aromatic rings. The van der Waals surface area contributed by atoms with Crippen LogP contribution < -0.4 is 10.3 Å². The number of pyridine rings is 1. The van der Waals surface area contributed by atoms with Crippen LogP contribution in [0, 0.1) is 11.3 Å². The number of nitrogens with zero attached hydrogens (tertiary/aromatic N) is 2. The average molecular weight is 483 g/mol. The maximum absolute atomic E-state index is 13.3. The molecule has 0 bridgehead atoms. The van der Waals surface area contributed by atoms with Gasteiger partial charge in [-0.05, 0) is 61.8 Å². The number of benzene rings is 1. The van der Waals surface area contributed by atoms with Gasteiger partial charge in [0.05, 0.1) is 18.2 Å². The van der Waals surface area contributed by atoms with Gasteiger partial charge in [0.15, 0.2) is 14.4 Å². The largest absolute Gasteiger partial charge is 0.484 e. The van der Waals surface area contributed by atoms with Gasteiger partial charge in [-0.2, -0.15) is 5.26 Å². The molecule has 0 spiro atoms. The summed E-state index contributed by atoms with van der Waals surface area (Å²) in [5.41, 5.74) is 0.691. The van der Waals surface area contributed by atoms with E-state index in [0.29, 0.717) is 23.5 Å². The van der Waals surface area contributed by atoms with E-state index in [9.17, 15) is 14.9 Å². The Kier molecular flexibility index (Phi) is 6.84. The lowest BCUT2D eigenvalue weighted by molar-refractivity contribution is -0.163. The average Bonchev–Trinajstić information content (AvgIpc) is 2.72. The number of esters is 1. The quantitative estimate of drug-likeness (QED) is 0.443. The first kappa shape index (κ1) is 25.7. The van der Waals surface area contributed by atoms with Crippen LogP contribution in [0.25, 0.3) is 0 Å². The summed E-state index contributed by atoms with van der Waals surface area (Å²) in [5, 5.41) is 9.49. The van der Waals surface area contributed by atoms with Crippen LogP contribution in [0.3, 0.4) is 0 Å². The number of carbonyl (C=O) groups excluding carboxylic acids is 1. The highest BCUT2D eigenvalue weighted by Crippen LogP contribution is 2.43. The predicted molar refractivity (Wildman–Crippen MR) is 132 cm³/mol. The van der Waals surface area contributed by atoms with E-state index in [-0.39, 0.29) is 10.6 Å². The van der Waals surface area contributed by atoms with Gasteiger partial charge in [-0.15, -0.1) is 0 Å². The van der Waals surface area contributed by atoms with Crippen molar-refractivity contribution in [3.8, 4) is 11.8 Å². The van der Waals surface area contributed by atoms with Crippen LogP contribution in [0.4, 0.5) is 0 Å². The fraction of sp³-hybridized carbons (Fsp3) is 0.500. The minimum absolute atomic E-state index is 0.0646. The second-order valence-corrected chi connectivity index (χ2v) is 15.7. The molecule has 34 heavy (non-hydrogen) atoms. The minimum atomic E-state index is -1.97. The van der Waals surface area contributed by atoms with Gasteiger partial charge < -0.3 is 18.5 Å². The maximum atomic E-state index is 13.3. The highest BCUT2D eigenvalue weighted by molar-refractivity contribution is 6.74. The van der Waals surface area contributed by atoms with Gasteiger partial charge >= 0.3 is 5.97 Å². The Hall–Kier alpha value is -2.89. The molecule has 0 unspecified atom stereocenters. The lowest BCUT2D eigenvalue weighted by Crippen LogP contribution is -2.54. The van der Waals surface area contributed by atoms with Crippen LogP contribution >= 0.6 is 0 Å². The van der Waals surface area contributed by atoms with E-state index in [2.05, 4.69) is 39.9 Å². The summed E-state index contributed by atoms with van der Waals surface area (Å²) in [6.45, 7) is 16.2. The summed E-state index contributed by atoms with van der Waals surface area (Å²) < 4.78 is 19.7. The van der Waals surface area contributed by atoms with Crippen molar-refractivity contribution in [3.05, 3.63) is 63.6 Å². The fourth-order valence-electron chi connectivity index (χ4n) is 3.84. The van der Waals surface area contributed by atoms with Crippen molar-refractivity contribution in [2.75, 3.05) is 0 Å². The van der Waals surface area contributed by atoms with Gasteiger partial charge in [-0.25, -0.2) is 0 Å². The molecule has 1 aromatic heterocycles. The lowest BCUT2D eigenvalue weighted by Gasteiger charge is -2.44. The first-order chi connectivity index (χ1) is 15.7. The zero-order chi connectivity index (χ0) is 25.5. The lowest BCUT2D eigenvalue weighted by atomic mass is 9.85. The standard InChI is InChI=1S/C26H34N2O5Si/c1-17(29)32-24-23(20-13-18(15-27)9-10-21(20)33-26(24,5)6)28-12-11-19(14-22(28)30)16-31-34(7,8)25(2,3)4/h9-14,23-24H,16H2,1-8H3/t23-,24+/m0/s1. The third-order valence-electron chi connectivity index (χ3n) is 6.81. The van der Waals surface area contributed by atoms with Crippen LogP contribution in [-0.4, -0.2) is 30.6 Å². The van der Waals surface area contributed by atoms with E-state index >= 15 is 0 Å². The molecule has 0 amide bonds. The molecule has 0 radical (unpaired) electrons. The highest BCUT2D eigenvalue weighted by atomic mass is 28.4. The number of nitriles is 1. The molecule has 182 valence electrons. The molecule has 0 fully saturated rings. The summed E-state index contributed by atoms with van der Waals surface area (Å²) in [7, 11) is -1.97. The summed E-state index contributed by atoms with van der Waals surface area (Å²) in [4.78, 5) is 25.3. The van der Waals surface area contributed by atoms with E-state index in [1.165, 1.54) is 6.92 Å². The smallest absolute Gasteiger partial charge is 0.303 e. The van der Waals surface area contributed by atoms with Crippen LogP contribution in [0.1, 0.15) is 64.3 Å². The van der Waals surface area contributed by atoms with E-state index in [0.717, 1.165) is 5.56 Å². The number of carbonyl (C=O) groups is 1. The molecule has 0 aliphatic carbocycles. The Bertz CT molecular complexity index is 1190. The van der Waals surface area contributed by atoms with Crippen LogP contribution in [-0.2, 0) is 20.6 Å². The van der Waals surface area contributed by atoms with Crippen LogP contribution in [0.5, 0.6) is 5.75 Å². The highest BCUT2D eigenvalue weighted by Gasteiger charge is 2.47. The Balaban J connectivity index is 2.06. The maximum Gasteiger partial charge on any atom is 0.303 e. The molecule has 0 saturated heterocycles. The third-order valence-corrected chi connectivity index (χ3v) is 11.3. The molecule has 0 N–H and O–H groups in total. The Labute approximate surface area is 202 Å². The van der Waals surface area contributed by atoms with Crippen molar-refractivity contribution < 1.29 is 18.7 Å². The molecule has 2 heterocycles. The van der Waals surface area contributed by atoms with Gasteiger partial charge in [0.1, 0.15) is 17.4 Å². The molecule has 3 rings (SSSR count). The molecule has 8 heteroatoms. The summed E-state index contributed by atoms with van der Waals surface area (Å²) in [6, 6.07) is 9.97. The number of rotatable bonds is 5. The van der Waals surface area contributed by atoms with Crippen molar-refractivity contribution in [1.82, 2.24) is 4.57 Å². The molecule has 1 aromatic carbocycles. The molecule has 7 nitrogen and oxygen atoms in total.